The first-order valence-corrected chi connectivity index (χ1v) is 19.9. The lowest BCUT2D eigenvalue weighted by molar-refractivity contribution is -0.355. The molecular formula is C42H46O23. The molecule has 4 heterocycles. The number of phenolic OH excluding ortho intramolecular Hbond substituents is 4. The van der Waals surface area contributed by atoms with E-state index in [9.17, 15) is 76.0 Å². The van der Waals surface area contributed by atoms with Crippen molar-refractivity contribution in [1.29, 1.82) is 0 Å². The van der Waals surface area contributed by atoms with Gasteiger partial charge in [-0.05, 0) is 55.0 Å². The van der Waals surface area contributed by atoms with Crippen molar-refractivity contribution in [2.45, 2.75) is 99.0 Å². The number of benzene rings is 3. The first-order chi connectivity index (χ1) is 30.9. The van der Waals surface area contributed by atoms with Crippen molar-refractivity contribution in [1.82, 2.24) is 0 Å². The van der Waals surface area contributed by atoms with E-state index in [0.29, 0.717) is 5.56 Å². The number of hydrogen-bond donors (Lipinski definition) is 13. The van der Waals surface area contributed by atoms with Crippen LogP contribution in [0.15, 0.2) is 69.9 Å². The number of aliphatic hydroxyl groups excluding tert-OH is 9. The third-order valence-electron chi connectivity index (χ3n) is 10.9. The molecule has 0 unspecified atom stereocenters. The third-order valence-corrected chi connectivity index (χ3v) is 10.9. The van der Waals surface area contributed by atoms with E-state index in [1.165, 1.54) is 55.5 Å². The van der Waals surface area contributed by atoms with Gasteiger partial charge in [-0.15, -0.1) is 0 Å². The molecule has 0 radical (unpaired) electrons. The molecule has 13 N–H and O–H groups in total. The lowest BCUT2D eigenvalue weighted by Gasteiger charge is -2.45. The van der Waals surface area contributed by atoms with Crippen LogP contribution < -0.4 is 14.9 Å². The van der Waals surface area contributed by atoms with Gasteiger partial charge in [-0.2, -0.15) is 0 Å². The summed E-state index contributed by atoms with van der Waals surface area (Å²) in [5, 5.41) is 135. The zero-order valence-corrected chi connectivity index (χ0v) is 33.8. The normalized spacial score (nSPS) is 32.9. The number of ether oxygens (including phenoxy) is 7. The molecule has 1 aromatic heterocycles. The Hall–Kier alpha value is -5.64. The monoisotopic (exact) mass is 918 g/mol. The van der Waals surface area contributed by atoms with Crippen LogP contribution >= 0.6 is 0 Å². The lowest BCUT2D eigenvalue weighted by atomic mass is 9.97. The first-order valence-electron chi connectivity index (χ1n) is 19.9. The summed E-state index contributed by atoms with van der Waals surface area (Å²) in [6.45, 7) is -0.153. The zero-order chi connectivity index (χ0) is 47.0. The van der Waals surface area contributed by atoms with Gasteiger partial charge in [-0.3, -0.25) is 4.79 Å². The van der Waals surface area contributed by atoms with Crippen molar-refractivity contribution in [2.75, 3.05) is 13.2 Å². The molecule has 23 nitrogen and oxygen atoms in total. The molecule has 0 spiro atoms. The van der Waals surface area contributed by atoms with Gasteiger partial charge in [0, 0.05) is 23.8 Å². The average molecular weight is 919 g/mol. The Bertz CT molecular complexity index is 2400. The second-order valence-electron chi connectivity index (χ2n) is 15.4. The van der Waals surface area contributed by atoms with Gasteiger partial charge in [-0.1, -0.05) is 6.07 Å². The van der Waals surface area contributed by atoms with Crippen LogP contribution in [-0.2, 0) is 28.5 Å². The number of carbonyl (C=O) groups is 1. The SMILES string of the molecule is C[C@@H]1O[C@@H](Oc2cc(O)c3c(=O)c(O[C@@H]4O[C@H](CO)[C@@H](O)[C@H](O)[C@H]4O)c(-c4ccc(O)cc4)oc3c2)[C@H](O[C@@H]2O[C@H](COC(=O)/C=C/c3ccc(O)c(O)c3)[C@@H](O)[C@H](O)[C@H]2O)[C@H](O)[C@H]1O. The number of aliphatic hydroxyl groups is 9. The van der Waals surface area contributed by atoms with Gasteiger partial charge in [0.25, 0.3) is 0 Å². The molecule has 3 saturated heterocycles. The number of rotatable bonds is 12. The summed E-state index contributed by atoms with van der Waals surface area (Å²) in [4.78, 5) is 26.6. The van der Waals surface area contributed by atoms with Crippen molar-refractivity contribution < 1.29 is 109 Å². The molecule has 65 heavy (non-hydrogen) atoms. The predicted octanol–water partition coefficient (Wildman–Crippen LogP) is -2.24. The highest BCUT2D eigenvalue weighted by atomic mass is 16.8. The fourth-order valence-electron chi connectivity index (χ4n) is 7.24. The van der Waals surface area contributed by atoms with Gasteiger partial charge in [0.15, 0.2) is 29.7 Å². The van der Waals surface area contributed by atoms with E-state index >= 15 is 0 Å². The highest BCUT2D eigenvalue weighted by Gasteiger charge is 2.51. The highest BCUT2D eigenvalue weighted by Crippen LogP contribution is 2.39. The van der Waals surface area contributed by atoms with Crippen LogP contribution in [0.2, 0.25) is 0 Å². The fourth-order valence-corrected chi connectivity index (χ4v) is 7.24. The Morgan fingerprint density at radius 1 is 0.677 bits per heavy atom. The summed E-state index contributed by atoms with van der Waals surface area (Å²) >= 11 is 0. The minimum Gasteiger partial charge on any atom is -0.508 e. The summed E-state index contributed by atoms with van der Waals surface area (Å²) in [6.07, 6.45) is -24.2. The van der Waals surface area contributed by atoms with Crippen LogP contribution in [-0.4, -0.2) is 178 Å². The second-order valence-corrected chi connectivity index (χ2v) is 15.4. The Balaban J connectivity index is 1.14. The van der Waals surface area contributed by atoms with Gasteiger partial charge in [0.1, 0.15) is 95.9 Å². The van der Waals surface area contributed by atoms with Crippen LogP contribution in [0.1, 0.15) is 12.5 Å². The molecule has 7 rings (SSSR count). The molecule has 3 aromatic carbocycles. The van der Waals surface area contributed by atoms with Crippen molar-refractivity contribution in [3.63, 3.8) is 0 Å². The number of hydrogen-bond acceptors (Lipinski definition) is 23. The van der Waals surface area contributed by atoms with Crippen molar-refractivity contribution in [3.8, 4) is 45.8 Å². The standard InChI is InChI=1S/C42H46O23/c1-15-28(49)34(55)39(65-41-36(57)33(54)30(51)25(63-41)14-58-26(48)9-3-16-2-8-20(45)21(46)10-16)42(59-15)60-19-11-22(47)27-23(12-19)61-37(17-4-6-18(44)7-5-17)38(31(27)52)64-40-35(56)32(53)29(50)24(13-43)62-40/h2-12,15,24-25,28-30,32-36,39-47,49-51,53-57H,13-14H2,1H3/b9-3+/t15-,24+,25+,28-,29+,30+,32-,33-,34+,35+,36+,39+,40-,41-,42-/m0/s1. The van der Waals surface area contributed by atoms with Crippen LogP contribution in [0.3, 0.4) is 0 Å². The molecular weight excluding hydrogens is 872 g/mol. The van der Waals surface area contributed by atoms with Gasteiger partial charge in [-0.25, -0.2) is 4.79 Å². The molecule has 15 atom stereocenters. The summed E-state index contributed by atoms with van der Waals surface area (Å²) in [7, 11) is 0. The average Bonchev–Trinajstić information content (AvgIpc) is 3.27. The van der Waals surface area contributed by atoms with Crippen LogP contribution in [0.25, 0.3) is 28.4 Å². The lowest BCUT2D eigenvalue weighted by Crippen LogP contribution is -2.64. The Morgan fingerprint density at radius 2 is 1.34 bits per heavy atom. The zero-order valence-electron chi connectivity index (χ0n) is 33.8. The quantitative estimate of drug-likeness (QED) is 0.0406. The van der Waals surface area contributed by atoms with Gasteiger partial charge >= 0.3 is 5.97 Å². The van der Waals surface area contributed by atoms with E-state index in [0.717, 1.165) is 18.2 Å². The molecule has 0 amide bonds. The number of carbonyl (C=O) groups excluding carboxylic acids is 1. The first kappa shape index (κ1) is 47.3. The predicted molar refractivity (Wildman–Crippen MR) is 214 cm³/mol. The smallest absolute Gasteiger partial charge is 0.330 e. The molecule has 0 aliphatic carbocycles. The van der Waals surface area contributed by atoms with Crippen LogP contribution in [0, 0.1) is 0 Å². The number of phenols is 4. The maximum Gasteiger partial charge on any atom is 0.330 e. The number of esters is 1. The summed E-state index contributed by atoms with van der Waals surface area (Å²) in [5.74, 6) is -4.11. The molecule has 0 saturated carbocycles. The molecule has 4 aromatic rings. The largest absolute Gasteiger partial charge is 0.508 e. The van der Waals surface area contributed by atoms with Gasteiger partial charge < -0.3 is 104 Å². The maximum atomic E-state index is 14.1. The molecule has 3 fully saturated rings. The van der Waals surface area contributed by atoms with Gasteiger partial charge in [0.05, 0.1) is 12.7 Å². The second kappa shape index (κ2) is 19.4. The Morgan fingerprint density at radius 3 is 2.02 bits per heavy atom. The summed E-state index contributed by atoms with van der Waals surface area (Å²) in [5.41, 5.74) is -1.01. The maximum absolute atomic E-state index is 14.1. The van der Waals surface area contributed by atoms with Crippen LogP contribution in [0.4, 0.5) is 0 Å². The van der Waals surface area contributed by atoms with E-state index in [-0.39, 0.29) is 34.2 Å². The molecule has 352 valence electrons. The van der Waals surface area contributed by atoms with E-state index in [1.54, 1.807) is 0 Å². The minimum atomic E-state index is -2.01. The number of fused-ring (bicyclic) bond motifs is 1. The topological polar surface area (TPSA) is 375 Å². The molecule has 3 aliphatic rings. The van der Waals surface area contributed by atoms with E-state index in [4.69, 9.17) is 37.6 Å². The summed E-state index contributed by atoms with van der Waals surface area (Å²) in [6, 6.07) is 10.9. The van der Waals surface area contributed by atoms with Crippen molar-refractivity contribution >= 4 is 23.0 Å². The highest BCUT2D eigenvalue weighted by molar-refractivity contribution is 5.88. The molecule has 0 bridgehead atoms. The minimum absolute atomic E-state index is 0.0975. The van der Waals surface area contributed by atoms with E-state index in [2.05, 4.69) is 0 Å². The van der Waals surface area contributed by atoms with E-state index < -0.39 is 139 Å². The van der Waals surface area contributed by atoms with Crippen molar-refractivity contribution in [2.24, 2.45) is 0 Å². The molecule has 3 aliphatic heterocycles. The van der Waals surface area contributed by atoms with Crippen LogP contribution in [0.5, 0.6) is 34.5 Å². The summed E-state index contributed by atoms with van der Waals surface area (Å²) < 4.78 is 45.6. The Labute approximate surface area is 365 Å². The fraction of sp³-hybridized carbons (Fsp3) is 0.429. The molecule has 23 heteroatoms. The number of aromatic hydroxyl groups is 4. The Kier molecular flexibility index (Phi) is 14.2. The third kappa shape index (κ3) is 9.83. The van der Waals surface area contributed by atoms with Gasteiger partial charge in [0.2, 0.25) is 23.8 Å². The van der Waals surface area contributed by atoms with E-state index in [1.807, 2.05) is 0 Å². The van der Waals surface area contributed by atoms with Crippen molar-refractivity contribution in [3.05, 3.63) is 76.5 Å².